The van der Waals surface area contributed by atoms with E-state index in [1.54, 1.807) is 16.8 Å². The monoisotopic (exact) mass is 412 g/mol. The molecule has 0 bridgehead atoms. The number of fused-ring (bicyclic) bond motifs is 1. The quantitative estimate of drug-likeness (QED) is 0.400. The molecule has 30 heavy (non-hydrogen) atoms. The minimum atomic E-state index is -0.474. The summed E-state index contributed by atoms with van der Waals surface area (Å²) in [5.41, 5.74) is 1.15. The second-order valence-electron chi connectivity index (χ2n) is 7.56. The van der Waals surface area contributed by atoms with Crippen LogP contribution in [0.1, 0.15) is 18.5 Å². The summed E-state index contributed by atoms with van der Waals surface area (Å²) in [5.74, 6) is 0.499. The third-order valence-electron chi connectivity index (χ3n) is 5.21. The van der Waals surface area contributed by atoms with Crippen LogP contribution in [0.5, 0.6) is 5.88 Å². The zero-order chi connectivity index (χ0) is 20.5. The van der Waals surface area contributed by atoms with Crippen LogP contribution in [0.2, 0.25) is 0 Å². The van der Waals surface area contributed by atoms with Crippen LogP contribution in [0, 0.1) is 0 Å². The summed E-state index contributed by atoms with van der Waals surface area (Å²) >= 11 is 0. The number of nitrogens with one attached hydrogen (secondary N) is 3. The Kier molecular flexibility index (Phi) is 4.97. The fourth-order valence-electron chi connectivity index (χ4n) is 3.45. The summed E-state index contributed by atoms with van der Waals surface area (Å²) in [6.07, 6.45) is 5.46. The van der Waals surface area contributed by atoms with E-state index in [9.17, 15) is 9.90 Å². The molecular formula is C19H24N8O3. The van der Waals surface area contributed by atoms with Crippen LogP contribution in [-0.2, 0) is 4.74 Å². The Morgan fingerprint density at radius 3 is 2.90 bits per heavy atom. The van der Waals surface area contributed by atoms with Gasteiger partial charge in [0.25, 0.3) is 0 Å². The van der Waals surface area contributed by atoms with Gasteiger partial charge in [-0.2, -0.15) is 9.61 Å². The average molecular weight is 412 g/mol. The van der Waals surface area contributed by atoms with Gasteiger partial charge in [-0.15, -0.1) is 0 Å². The van der Waals surface area contributed by atoms with Gasteiger partial charge in [0.1, 0.15) is 11.5 Å². The van der Waals surface area contributed by atoms with Crippen LogP contribution >= 0.6 is 0 Å². The van der Waals surface area contributed by atoms with Gasteiger partial charge in [-0.1, -0.05) is 0 Å². The largest absolute Gasteiger partial charge is 0.493 e. The third kappa shape index (κ3) is 4.07. The van der Waals surface area contributed by atoms with Crippen molar-refractivity contribution in [2.24, 2.45) is 4.99 Å². The fourth-order valence-corrected chi connectivity index (χ4v) is 3.45. The second kappa shape index (κ2) is 7.92. The Bertz CT molecular complexity index is 1220. The van der Waals surface area contributed by atoms with Crippen LogP contribution in [-0.4, -0.2) is 80.0 Å². The van der Waals surface area contributed by atoms with E-state index in [1.165, 1.54) is 0 Å². The smallest absolute Gasteiger partial charge is 0.326 e. The third-order valence-corrected chi connectivity index (χ3v) is 5.21. The first-order chi connectivity index (χ1) is 14.7. The van der Waals surface area contributed by atoms with Gasteiger partial charge in [-0.25, -0.2) is 9.78 Å². The molecule has 0 unspecified atom stereocenters. The van der Waals surface area contributed by atoms with Gasteiger partial charge in [0, 0.05) is 37.5 Å². The van der Waals surface area contributed by atoms with Gasteiger partial charge in [-0.3, -0.25) is 14.9 Å². The number of aromatic hydroxyl groups is 1. The number of morpholine rings is 1. The first-order valence-corrected chi connectivity index (χ1v) is 10.2. The highest BCUT2D eigenvalue weighted by Gasteiger charge is 2.20. The van der Waals surface area contributed by atoms with Crippen molar-refractivity contribution < 1.29 is 9.84 Å². The van der Waals surface area contributed by atoms with Crippen molar-refractivity contribution in [2.75, 3.05) is 44.7 Å². The molecule has 0 atom stereocenters. The molecule has 1 saturated carbocycles. The van der Waals surface area contributed by atoms with Crippen molar-refractivity contribution in [3.8, 4) is 5.88 Å². The molecule has 0 amide bonds. The van der Waals surface area contributed by atoms with Crippen LogP contribution in [0.15, 0.2) is 22.1 Å². The van der Waals surface area contributed by atoms with E-state index in [2.05, 4.69) is 25.3 Å². The number of nitrogens with zero attached hydrogens (tertiary/aromatic N) is 5. The molecule has 2 aliphatic rings. The Labute approximate surface area is 171 Å². The first-order valence-electron chi connectivity index (χ1n) is 10.2. The SMILES string of the molecule is O=c1[nH]c(O)c(/C=c2\cnn3c(=NC4CC4)cc(NCCN4CCOCC4)nc23)[nH]1. The molecule has 1 aliphatic carbocycles. The number of hydrogen-bond donors (Lipinski definition) is 4. The minimum absolute atomic E-state index is 0.220. The highest BCUT2D eigenvalue weighted by Crippen LogP contribution is 2.22. The molecule has 0 radical (unpaired) electrons. The number of ether oxygens (including phenoxy) is 1. The summed E-state index contributed by atoms with van der Waals surface area (Å²) in [6, 6.07) is 2.25. The van der Waals surface area contributed by atoms with Crippen molar-refractivity contribution in [3.05, 3.63) is 39.1 Å². The highest BCUT2D eigenvalue weighted by atomic mass is 16.5. The summed E-state index contributed by atoms with van der Waals surface area (Å²) in [5, 5.41) is 18.4. The van der Waals surface area contributed by atoms with Crippen molar-refractivity contribution in [1.82, 2.24) is 29.5 Å². The van der Waals surface area contributed by atoms with Crippen molar-refractivity contribution in [3.63, 3.8) is 0 Å². The molecule has 158 valence electrons. The molecule has 0 aromatic carbocycles. The van der Waals surface area contributed by atoms with E-state index in [-0.39, 0.29) is 11.6 Å². The van der Waals surface area contributed by atoms with E-state index in [1.807, 2.05) is 6.07 Å². The van der Waals surface area contributed by atoms with Crippen LogP contribution in [0.4, 0.5) is 5.82 Å². The Morgan fingerprint density at radius 1 is 1.33 bits per heavy atom. The highest BCUT2D eigenvalue weighted by molar-refractivity contribution is 5.57. The van der Waals surface area contributed by atoms with Crippen molar-refractivity contribution >= 4 is 17.5 Å². The lowest BCUT2D eigenvalue weighted by Gasteiger charge is -2.26. The Morgan fingerprint density at radius 2 is 2.17 bits per heavy atom. The molecule has 5 rings (SSSR count). The molecule has 1 aliphatic heterocycles. The normalized spacial score (nSPS) is 19.1. The van der Waals surface area contributed by atoms with Crippen molar-refractivity contribution in [1.29, 1.82) is 0 Å². The predicted octanol–water partition coefficient (Wildman–Crippen LogP) is -1.19. The van der Waals surface area contributed by atoms with Crippen LogP contribution in [0.3, 0.4) is 0 Å². The maximum absolute atomic E-state index is 11.4. The molecule has 11 heteroatoms. The molecular weight excluding hydrogens is 388 g/mol. The molecule has 3 aromatic rings. The van der Waals surface area contributed by atoms with Gasteiger partial charge >= 0.3 is 5.69 Å². The van der Waals surface area contributed by atoms with Gasteiger partial charge in [0.15, 0.2) is 11.1 Å². The average Bonchev–Trinajstić information content (AvgIpc) is 3.37. The predicted molar refractivity (Wildman–Crippen MR) is 109 cm³/mol. The number of aromatic amines is 2. The summed E-state index contributed by atoms with van der Waals surface area (Å²) < 4.78 is 7.09. The Hall–Kier alpha value is -3.18. The zero-order valence-electron chi connectivity index (χ0n) is 16.5. The molecule has 11 nitrogen and oxygen atoms in total. The molecule has 4 N–H and O–H groups in total. The number of imidazole rings is 1. The Balaban J connectivity index is 1.48. The van der Waals surface area contributed by atoms with Crippen molar-refractivity contribution in [2.45, 2.75) is 18.9 Å². The lowest BCUT2D eigenvalue weighted by atomic mass is 10.3. The lowest BCUT2D eigenvalue weighted by Crippen LogP contribution is -2.39. The zero-order valence-corrected chi connectivity index (χ0v) is 16.5. The van der Waals surface area contributed by atoms with Gasteiger partial charge in [0.05, 0.1) is 25.5 Å². The number of aromatic nitrogens is 5. The standard InChI is InChI=1S/C19H24N8O3/c28-18-14(23-19(29)25-18)9-12-11-21-27-16(22-13-1-2-13)10-15(24-17(12)27)20-3-4-26-5-7-30-8-6-26/h9-11,13,20,28H,1-8H2,(H2,23,25,29)/b12-9+,22-16?. The second-order valence-corrected chi connectivity index (χ2v) is 7.56. The molecule has 3 aromatic heterocycles. The molecule has 0 spiro atoms. The minimum Gasteiger partial charge on any atom is -0.493 e. The molecule has 1 saturated heterocycles. The number of H-pyrrole nitrogens is 2. The molecule has 2 fully saturated rings. The maximum Gasteiger partial charge on any atom is 0.326 e. The number of anilines is 1. The maximum atomic E-state index is 11.4. The van der Waals surface area contributed by atoms with Gasteiger partial charge in [-0.05, 0) is 18.9 Å². The van der Waals surface area contributed by atoms with E-state index in [0.29, 0.717) is 16.9 Å². The van der Waals surface area contributed by atoms with E-state index >= 15 is 0 Å². The topological polar surface area (TPSA) is 136 Å². The number of rotatable bonds is 6. The van der Waals surface area contributed by atoms with E-state index < -0.39 is 5.69 Å². The fraction of sp³-hybridized carbons (Fsp3) is 0.474. The van der Waals surface area contributed by atoms with E-state index in [4.69, 9.17) is 14.7 Å². The summed E-state index contributed by atoms with van der Waals surface area (Å²) in [7, 11) is 0. The summed E-state index contributed by atoms with van der Waals surface area (Å²) in [4.78, 5) is 28.1. The van der Waals surface area contributed by atoms with Gasteiger partial charge in [0.2, 0.25) is 5.88 Å². The lowest BCUT2D eigenvalue weighted by molar-refractivity contribution is 0.0398. The van der Waals surface area contributed by atoms with E-state index in [0.717, 1.165) is 63.5 Å². The van der Waals surface area contributed by atoms with Crippen LogP contribution < -0.4 is 21.7 Å². The summed E-state index contributed by atoms with van der Waals surface area (Å²) in [6.45, 7) is 5.09. The molecule has 4 heterocycles. The van der Waals surface area contributed by atoms with Gasteiger partial charge < -0.3 is 20.1 Å². The van der Waals surface area contributed by atoms with Crippen LogP contribution in [0.25, 0.3) is 11.7 Å². The first kappa shape index (κ1) is 18.8. The number of hydrogen-bond acceptors (Lipinski definition) is 8.